The van der Waals surface area contributed by atoms with E-state index in [4.69, 9.17) is 9.47 Å². The van der Waals surface area contributed by atoms with Crippen LogP contribution in [0.25, 0.3) is 0 Å². The van der Waals surface area contributed by atoms with Gasteiger partial charge in [0, 0.05) is 13.0 Å². The normalized spacial score (nSPS) is 12.4. The first-order valence-corrected chi connectivity index (χ1v) is 16.8. The third-order valence-corrected chi connectivity index (χ3v) is 7.34. The van der Waals surface area contributed by atoms with Crippen LogP contribution in [0.1, 0.15) is 174 Å². The van der Waals surface area contributed by atoms with Gasteiger partial charge in [0.15, 0.2) is 0 Å². The number of ether oxygens (including phenoxy) is 2. The Kier molecular flexibility index (Phi) is 31.6. The Hall–Kier alpha value is -0.870. The van der Waals surface area contributed by atoms with Crippen molar-refractivity contribution in [1.29, 1.82) is 0 Å². The molecule has 0 aliphatic rings. The van der Waals surface area contributed by atoms with Crippen molar-refractivity contribution in [3.63, 3.8) is 0 Å². The smallest absolute Gasteiger partial charge is 0.306 e. The Morgan fingerprint density at radius 3 is 1.58 bits per heavy atom. The molecule has 0 saturated carbocycles. The Morgan fingerprint density at radius 2 is 1.05 bits per heavy atom. The van der Waals surface area contributed by atoms with Gasteiger partial charge in [-0.3, -0.25) is 4.79 Å². The molecule has 1 N–H and O–H groups in total. The summed E-state index contributed by atoms with van der Waals surface area (Å²) in [6, 6.07) is 0. The topological polar surface area (TPSA) is 55.8 Å². The Balaban J connectivity index is 3.43. The first kappa shape index (κ1) is 37.1. The van der Waals surface area contributed by atoms with Gasteiger partial charge in [0.05, 0.1) is 13.2 Å². The number of unbranched alkanes of at least 4 members (excludes halogenated alkanes) is 21. The van der Waals surface area contributed by atoms with Crippen LogP contribution < -0.4 is 0 Å². The summed E-state index contributed by atoms with van der Waals surface area (Å²) >= 11 is 0. The predicted molar refractivity (Wildman–Crippen MR) is 164 cm³/mol. The number of aliphatic hydroxyl groups excluding tert-OH is 1. The van der Waals surface area contributed by atoms with Gasteiger partial charge in [-0.05, 0) is 32.1 Å². The van der Waals surface area contributed by atoms with Crippen LogP contribution in [0.3, 0.4) is 0 Å². The standard InChI is InChI=1S/C34H66O4/c1-3-5-7-9-11-13-15-17-18-19-21-23-25-27-29-34(36)38-33(31-35)32-37-30-28-26-24-22-20-16-14-12-10-8-6-4-2/h10,12,33,35H,3-9,11,13-32H2,1-2H3/b12-10-. The number of aliphatic hydroxyl groups is 1. The molecule has 0 aromatic carbocycles. The molecule has 1 atom stereocenters. The monoisotopic (exact) mass is 538 g/mol. The molecule has 38 heavy (non-hydrogen) atoms. The van der Waals surface area contributed by atoms with Crippen LogP contribution in [0.15, 0.2) is 12.2 Å². The van der Waals surface area contributed by atoms with Gasteiger partial charge in [-0.15, -0.1) is 0 Å². The van der Waals surface area contributed by atoms with Crippen LogP contribution >= 0.6 is 0 Å². The van der Waals surface area contributed by atoms with E-state index in [1.807, 2.05) is 0 Å². The van der Waals surface area contributed by atoms with Crippen molar-refractivity contribution in [2.45, 2.75) is 180 Å². The van der Waals surface area contributed by atoms with Gasteiger partial charge in [0.1, 0.15) is 6.10 Å². The average molecular weight is 539 g/mol. The lowest BCUT2D eigenvalue weighted by Crippen LogP contribution is -2.27. The van der Waals surface area contributed by atoms with E-state index >= 15 is 0 Å². The zero-order chi connectivity index (χ0) is 27.8. The molecule has 0 bridgehead atoms. The molecule has 0 rings (SSSR count). The van der Waals surface area contributed by atoms with Crippen LogP contribution in [0.2, 0.25) is 0 Å². The number of carbonyl (C=O) groups excluding carboxylic acids is 1. The molecule has 0 amide bonds. The van der Waals surface area contributed by atoms with Crippen molar-refractivity contribution < 1.29 is 19.4 Å². The van der Waals surface area contributed by atoms with E-state index in [-0.39, 0.29) is 12.6 Å². The van der Waals surface area contributed by atoms with E-state index in [1.54, 1.807) is 0 Å². The third-order valence-electron chi connectivity index (χ3n) is 7.34. The van der Waals surface area contributed by atoms with Crippen LogP contribution in [-0.4, -0.2) is 37.0 Å². The molecule has 0 spiro atoms. The largest absolute Gasteiger partial charge is 0.457 e. The molecule has 0 heterocycles. The number of esters is 1. The lowest BCUT2D eigenvalue weighted by Gasteiger charge is -2.15. The van der Waals surface area contributed by atoms with Crippen molar-refractivity contribution in [2.75, 3.05) is 19.8 Å². The molecule has 226 valence electrons. The summed E-state index contributed by atoms with van der Waals surface area (Å²) in [6.07, 6.45) is 35.2. The maximum Gasteiger partial charge on any atom is 0.306 e. The van der Waals surface area contributed by atoms with E-state index in [9.17, 15) is 9.90 Å². The zero-order valence-corrected chi connectivity index (χ0v) is 25.7. The molecule has 0 aromatic rings. The highest BCUT2D eigenvalue weighted by molar-refractivity contribution is 5.69. The van der Waals surface area contributed by atoms with Gasteiger partial charge in [0.2, 0.25) is 0 Å². The van der Waals surface area contributed by atoms with Gasteiger partial charge in [-0.1, -0.05) is 148 Å². The second-order valence-electron chi connectivity index (χ2n) is 11.2. The highest BCUT2D eigenvalue weighted by atomic mass is 16.6. The molecule has 4 nitrogen and oxygen atoms in total. The van der Waals surface area contributed by atoms with Crippen molar-refractivity contribution >= 4 is 5.97 Å². The summed E-state index contributed by atoms with van der Waals surface area (Å²) in [5.41, 5.74) is 0. The predicted octanol–water partition coefficient (Wildman–Crippen LogP) is 10.3. The first-order valence-electron chi connectivity index (χ1n) is 16.8. The third kappa shape index (κ3) is 29.7. The van der Waals surface area contributed by atoms with Crippen molar-refractivity contribution in [3.05, 3.63) is 12.2 Å². The van der Waals surface area contributed by atoms with Crippen LogP contribution in [0.5, 0.6) is 0 Å². The van der Waals surface area contributed by atoms with Crippen LogP contribution in [-0.2, 0) is 14.3 Å². The van der Waals surface area contributed by atoms with E-state index in [2.05, 4.69) is 26.0 Å². The van der Waals surface area contributed by atoms with Gasteiger partial charge in [-0.2, -0.15) is 0 Å². The van der Waals surface area contributed by atoms with Gasteiger partial charge >= 0.3 is 5.97 Å². The highest BCUT2D eigenvalue weighted by Gasteiger charge is 2.13. The molecule has 0 aliphatic heterocycles. The quantitative estimate of drug-likeness (QED) is 0.0542. The zero-order valence-electron chi connectivity index (χ0n) is 25.7. The van der Waals surface area contributed by atoms with E-state index in [1.165, 1.54) is 135 Å². The first-order chi connectivity index (χ1) is 18.7. The maximum absolute atomic E-state index is 12.1. The highest BCUT2D eigenvalue weighted by Crippen LogP contribution is 2.14. The fraction of sp³-hybridized carbons (Fsp3) is 0.912. The summed E-state index contributed by atoms with van der Waals surface area (Å²) in [5, 5.41) is 9.51. The minimum absolute atomic E-state index is 0.169. The Bertz CT molecular complexity index is 491. The van der Waals surface area contributed by atoms with Crippen molar-refractivity contribution in [1.82, 2.24) is 0 Å². The van der Waals surface area contributed by atoms with Crippen LogP contribution in [0, 0.1) is 0 Å². The molecule has 4 heteroatoms. The molecule has 0 fully saturated rings. The fourth-order valence-electron chi connectivity index (χ4n) is 4.78. The number of allylic oxidation sites excluding steroid dienone is 2. The number of hydrogen-bond acceptors (Lipinski definition) is 4. The summed E-state index contributed by atoms with van der Waals surface area (Å²) < 4.78 is 11.1. The van der Waals surface area contributed by atoms with Crippen molar-refractivity contribution in [2.24, 2.45) is 0 Å². The second-order valence-corrected chi connectivity index (χ2v) is 11.2. The van der Waals surface area contributed by atoms with E-state index in [0.717, 1.165) is 19.3 Å². The summed E-state index contributed by atoms with van der Waals surface area (Å²) in [5.74, 6) is -0.202. The van der Waals surface area contributed by atoms with Crippen LogP contribution in [0.4, 0.5) is 0 Å². The Labute approximate surface area is 237 Å². The molecule has 0 saturated heterocycles. The maximum atomic E-state index is 12.1. The van der Waals surface area contributed by atoms with E-state index in [0.29, 0.717) is 19.6 Å². The van der Waals surface area contributed by atoms with Gasteiger partial charge < -0.3 is 14.6 Å². The second kappa shape index (κ2) is 32.3. The van der Waals surface area contributed by atoms with Crippen molar-refractivity contribution in [3.8, 4) is 0 Å². The fourth-order valence-corrected chi connectivity index (χ4v) is 4.78. The minimum Gasteiger partial charge on any atom is -0.457 e. The SMILES string of the molecule is CCCC/C=C\CCCCCCCCOCC(CO)OC(=O)CCCCCCCCCCCCCCCC. The molecule has 0 aromatic heterocycles. The van der Waals surface area contributed by atoms with Gasteiger partial charge in [0.25, 0.3) is 0 Å². The molecule has 1 unspecified atom stereocenters. The molecule has 0 radical (unpaired) electrons. The molecular weight excluding hydrogens is 472 g/mol. The lowest BCUT2D eigenvalue weighted by atomic mass is 10.0. The Morgan fingerprint density at radius 1 is 0.605 bits per heavy atom. The minimum atomic E-state index is -0.528. The summed E-state index contributed by atoms with van der Waals surface area (Å²) in [7, 11) is 0. The molecule has 0 aliphatic carbocycles. The lowest BCUT2D eigenvalue weighted by molar-refractivity contribution is -0.154. The number of hydrogen-bond donors (Lipinski definition) is 1. The number of carbonyl (C=O) groups is 1. The summed E-state index contributed by atoms with van der Waals surface area (Å²) in [4.78, 5) is 12.1. The van der Waals surface area contributed by atoms with E-state index < -0.39 is 6.10 Å². The molecular formula is C34H66O4. The summed E-state index contributed by atoms with van der Waals surface area (Å²) in [6.45, 7) is 5.31. The number of rotatable bonds is 31. The average Bonchev–Trinajstić information content (AvgIpc) is 2.92. The van der Waals surface area contributed by atoms with Gasteiger partial charge in [-0.25, -0.2) is 0 Å².